The Balaban J connectivity index is 1.55. The van der Waals surface area contributed by atoms with E-state index in [9.17, 15) is 4.79 Å². The lowest BCUT2D eigenvalue weighted by Crippen LogP contribution is -2.22. The molecule has 0 N–H and O–H groups in total. The number of aromatic nitrogens is 4. The predicted molar refractivity (Wildman–Crippen MR) is 144 cm³/mol. The number of nitrogens with zero attached hydrogens (tertiary/aromatic N) is 4. The standard InChI is InChI=1S/C27H13BrCl2N4O3/c28-15-8-5-13(6-9-15)24-32-25-22-20(14-7-10-17(29)18(30)11-14)21-23(37-26(22)31-12-34(25)33-24)16-3-1-2-4-19(16)36-27(21)35/h1-12,20H. The molecule has 0 aliphatic carbocycles. The summed E-state index contributed by atoms with van der Waals surface area (Å²) in [4.78, 5) is 22.8. The molecule has 10 heteroatoms. The lowest BCUT2D eigenvalue weighted by molar-refractivity contribution is 0.422. The zero-order valence-electron chi connectivity index (χ0n) is 18.7. The van der Waals surface area contributed by atoms with Gasteiger partial charge in [-0.15, -0.1) is 5.10 Å². The molecule has 37 heavy (non-hydrogen) atoms. The van der Waals surface area contributed by atoms with Gasteiger partial charge in [0, 0.05) is 10.0 Å². The first-order valence-electron chi connectivity index (χ1n) is 11.2. The van der Waals surface area contributed by atoms with Crippen LogP contribution in [-0.2, 0) is 0 Å². The molecule has 0 amide bonds. The minimum atomic E-state index is -0.646. The van der Waals surface area contributed by atoms with Crippen molar-refractivity contribution in [2.45, 2.75) is 5.92 Å². The molecule has 0 fully saturated rings. The normalized spacial score (nSPS) is 14.4. The smallest absolute Gasteiger partial charge is 0.344 e. The van der Waals surface area contributed by atoms with E-state index in [1.165, 1.54) is 0 Å². The van der Waals surface area contributed by atoms with Crippen molar-refractivity contribution < 1.29 is 9.15 Å². The Morgan fingerprint density at radius 2 is 1.76 bits per heavy atom. The van der Waals surface area contributed by atoms with E-state index in [-0.39, 0.29) is 0 Å². The van der Waals surface area contributed by atoms with Crippen LogP contribution in [0.2, 0.25) is 10.0 Å². The number of fused-ring (bicyclic) bond motifs is 6. The first kappa shape index (κ1) is 22.5. The van der Waals surface area contributed by atoms with Gasteiger partial charge in [0.05, 0.1) is 32.5 Å². The minimum absolute atomic E-state index is 0.321. The molecule has 1 aliphatic heterocycles. The molecule has 1 unspecified atom stereocenters. The van der Waals surface area contributed by atoms with E-state index >= 15 is 0 Å². The van der Waals surface area contributed by atoms with E-state index in [0.29, 0.717) is 60.8 Å². The fourth-order valence-corrected chi connectivity index (χ4v) is 5.25. The van der Waals surface area contributed by atoms with Crippen molar-refractivity contribution in [3.8, 4) is 23.0 Å². The molecule has 3 aromatic heterocycles. The second kappa shape index (κ2) is 8.41. The first-order valence-corrected chi connectivity index (χ1v) is 12.7. The Hall–Kier alpha value is -3.72. The largest absolute Gasteiger partial charge is 0.437 e. The summed E-state index contributed by atoms with van der Waals surface area (Å²) >= 11 is 16.1. The van der Waals surface area contributed by atoms with Gasteiger partial charge in [-0.1, -0.05) is 69.5 Å². The predicted octanol–water partition coefficient (Wildman–Crippen LogP) is 7.25. The Kier molecular flexibility index (Phi) is 5.11. The van der Waals surface area contributed by atoms with Gasteiger partial charge in [0.1, 0.15) is 11.9 Å². The molecule has 0 spiro atoms. The number of hydrogen-bond acceptors (Lipinski definition) is 6. The highest BCUT2D eigenvalue weighted by molar-refractivity contribution is 9.10. The molecule has 0 saturated carbocycles. The summed E-state index contributed by atoms with van der Waals surface area (Å²) in [5.74, 6) is 0.570. The van der Waals surface area contributed by atoms with Crippen LogP contribution in [0.15, 0.2) is 86.7 Å². The van der Waals surface area contributed by atoms with E-state index < -0.39 is 11.5 Å². The molecule has 6 aromatic rings. The maximum absolute atomic E-state index is 13.4. The number of halogens is 3. The van der Waals surface area contributed by atoms with Crippen LogP contribution in [0.5, 0.6) is 11.6 Å². The van der Waals surface area contributed by atoms with Gasteiger partial charge in [0.25, 0.3) is 0 Å². The van der Waals surface area contributed by atoms with Crippen molar-refractivity contribution in [1.82, 2.24) is 19.6 Å². The first-order chi connectivity index (χ1) is 18.0. The molecule has 3 aromatic carbocycles. The van der Waals surface area contributed by atoms with E-state index in [1.54, 1.807) is 35.1 Å². The molecule has 7 nitrogen and oxygen atoms in total. The highest BCUT2D eigenvalue weighted by Crippen LogP contribution is 2.49. The van der Waals surface area contributed by atoms with Crippen molar-refractivity contribution in [3.63, 3.8) is 0 Å². The Morgan fingerprint density at radius 1 is 0.946 bits per heavy atom. The molecule has 1 aliphatic rings. The van der Waals surface area contributed by atoms with Crippen molar-refractivity contribution in [2.24, 2.45) is 0 Å². The molecular formula is C27H13BrCl2N4O3. The Bertz CT molecular complexity index is 1940. The van der Waals surface area contributed by atoms with Crippen LogP contribution in [-0.4, -0.2) is 19.6 Å². The van der Waals surface area contributed by atoms with Gasteiger partial charge < -0.3 is 9.15 Å². The summed E-state index contributed by atoms with van der Waals surface area (Å²) in [5, 5.41) is 6.05. The van der Waals surface area contributed by atoms with Crippen LogP contribution in [0, 0.1) is 0 Å². The summed E-state index contributed by atoms with van der Waals surface area (Å²) in [6.45, 7) is 0. The summed E-state index contributed by atoms with van der Waals surface area (Å²) in [7, 11) is 0. The second-order valence-corrected chi connectivity index (χ2v) is 10.2. The van der Waals surface area contributed by atoms with Gasteiger partial charge in [-0.05, 0) is 42.0 Å². The van der Waals surface area contributed by atoms with E-state index in [2.05, 4.69) is 26.0 Å². The van der Waals surface area contributed by atoms with Gasteiger partial charge in [0.15, 0.2) is 17.2 Å². The average molecular weight is 592 g/mol. The van der Waals surface area contributed by atoms with Crippen LogP contribution in [0.4, 0.5) is 0 Å². The highest BCUT2D eigenvalue weighted by Gasteiger charge is 2.37. The molecule has 0 saturated heterocycles. The number of hydrogen-bond donors (Lipinski definition) is 0. The molecule has 1 atom stereocenters. The summed E-state index contributed by atoms with van der Waals surface area (Å²) in [6, 6.07) is 20.1. The number of benzene rings is 3. The van der Waals surface area contributed by atoms with Gasteiger partial charge >= 0.3 is 5.63 Å². The van der Waals surface area contributed by atoms with E-state index in [1.807, 2.05) is 42.5 Å². The van der Waals surface area contributed by atoms with Crippen LogP contribution >= 0.6 is 39.1 Å². The highest BCUT2D eigenvalue weighted by atomic mass is 79.9. The maximum Gasteiger partial charge on any atom is 0.344 e. The van der Waals surface area contributed by atoms with Gasteiger partial charge in [0.2, 0.25) is 5.88 Å². The van der Waals surface area contributed by atoms with Gasteiger partial charge in [-0.2, -0.15) is 0 Å². The summed E-state index contributed by atoms with van der Waals surface area (Å²) in [5.41, 5.74) is 2.84. The van der Waals surface area contributed by atoms with E-state index in [4.69, 9.17) is 37.3 Å². The summed E-state index contributed by atoms with van der Waals surface area (Å²) < 4.78 is 14.5. The lowest BCUT2D eigenvalue weighted by Gasteiger charge is -2.27. The number of para-hydroxylation sites is 1. The average Bonchev–Trinajstić information content (AvgIpc) is 3.34. The summed E-state index contributed by atoms with van der Waals surface area (Å²) in [6.07, 6.45) is 1.55. The van der Waals surface area contributed by atoms with Crippen LogP contribution in [0.25, 0.3) is 28.0 Å². The zero-order valence-corrected chi connectivity index (χ0v) is 21.8. The van der Waals surface area contributed by atoms with Crippen LogP contribution < -0.4 is 10.4 Å². The van der Waals surface area contributed by atoms with E-state index in [0.717, 1.165) is 10.0 Å². The van der Waals surface area contributed by atoms with Crippen molar-refractivity contribution in [2.75, 3.05) is 0 Å². The molecule has 7 rings (SSSR count). The fourth-order valence-electron chi connectivity index (χ4n) is 4.68. The van der Waals surface area contributed by atoms with Crippen molar-refractivity contribution >= 4 is 55.7 Å². The Morgan fingerprint density at radius 3 is 2.57 bits per heavy atom. The van der Waals surface area contributed by atoms with Crippen molar-refractivity contribution in [1.29, 1.82) is 0 Å². The monoisotopic (exact) mass is 590 g/mol. The van der Waals surface area contributed by atoms with Crippen LogP contribution in [0.1, 0.15) is 22.6 Å². The molecular weight excluding hydrogens is 579 g/mol. The molecule has 4 heterocycles. The zero-order chi connectivity index (χ0) is 25.3. The molecule has 0 radical (unpaired) electrons. The third-order valence-electron chi connectivity index (χ3n) is 6.34. The topological polar surface area (TPSA) is 82.5 Å². The number of rotatable bonds is 2. The quantitative estimate of drug-likeness (QED) is 0.197. The Labute approximate surface area is 227 Å². The fraction of sp³-hybridized carbons (Fsp3) is 0.0370. The van der Waals surface area contributed by atoms with Gasteiger partial charge in [-0.3, -0.25) is 0 Å². The van der Waals surface area contributed by atoms with Crippen molar-refractivity contribution in [3.05, 3.63) is 115 Å². The van der Waals surface area contributed by atoms with Gasteiger partial charge in [-0.25, -0.2) is 19.3 Å². The SMILES string of the molecule is O=c1oc2ccccc2c2c1C(c1ccc(Cl)c(Cl)c1)c1c(ncn3nc(-c4ccc(Br)cc4)nc13)O2. The minimum Gasteiger partial charge on any atom is -0.437 e. The third kappa shape index (κ3) is 3.55. The number of ether oxygens (including phenoxy) is 1. The lowest BCUT2D eigenvalue weighted by atomic mass is 9.84. The molecule has 180 valence electrons. The maximum atomic E-state index is 13.4. The molecule has 0 bridgehead atoms. The van der Waals surface area contributed by atoms with Crippen LogP contribution in [0.3, 0.4) is 0 Å². The third-order valence-corrected chi connectivity index (χ3v) is 7.61. The second-order valence-electron chi connectivity index (χ2n) is 8.51.